The summed E-state index contributed by atoms with van der Waals surface area (Å²) in [4.78, 5) is 24.1. The Kier molecular flexibility index (Phi) is 3.50. The van der Waals surface area contributed by atoms with Gasteiger partial charge in [-0.15, -0.1) is 0 Å². The molecule has 1 aliphatic carbocycles. The van der Waals surface area contributed by atoms with Crippen LogP contribution in [0.1, 0.15) is 31.7 Å². The number of hydrogen-bond acceptors (Lipinski definition) is 3. The standard InChI is InChI=1S/C15H18O3/c1-11(14(17)18-2)13(16)15(9-6-10-15)12-7-4-3-5-8-12/h3-5,7-8,11H,6,9-10H2,1-2H3. The van der Waals surface area contributed by atoms with Gasteiger partial charge in [0.05, 0.1) is 12.5 Å². The first-order chi connectivity index (χ1) is 8.62. The fourth-order valence-corrected chi connectivity index (χ4v) is 2.66. The third-order valence-corrected chi connectivity index (χ3v) is 3.95. The van der Waals surface area contributed by atoms with E-state index in [0.29, 0.717) is 0 Å². The van der Waals surface area contributed by atoms with E-state index in [2.05, 4.69) is 4.74 Å². The molecule has 0 spiro atoms. The predicted molar refractivity (Wildman–Crippen MR) is 68.2 cm³/mol. The smallest absolute Gasteiger partial charge is 0.315 e. The summed E-state index contributed by atoms with van der Waals surface area (Å²) in [5.41, 5.74) is 0.562. The molecule has 0 aromatic heterocycles. The largest absolute Gasteiger partial charge is 0.468 e. The highest BCUT2D eigenvalue weighted by atomic mass is 16.5. The van der Waals surface area contributed by atoms with Gasteiger partial charge in [-0.2, -0.15) is 0 Å². The van der Waals surface area contributed by atoms with Crippen molar-refractivity contribution in [2.75, 3.05) is 7.11 Å². The zero-order valence-corrected chi connectivity index (χ0v) is 10.8. The first-order valence-corrected chi connectivity index (χ1v) is 6.29. The van der Waals surface area contributed by atoms with Gasteiger partial charge in [0, 0.05) is 0 Å². The molecule has 18 heavy (non-hydrogen) atoms. The van der Waals surface area contributed by atoms with Crippen LogP contribution in [0.25, 0.3) is 0 Å². The van der Waals surface area contributed by atoms with Crippen molar-refractivity contribution >= 4 is 11.8 Å². The SMILES string of the molecule is COC(=O)C(C)C(=O)C1(c2ccccc2)CCC1. The summed E-state index contributed by atoms with van der Waals surface area (Å²) in [5, 5.41) is 0. The molecular weight excluding hydrogens is 228 g/mol. The second-order valence-corrected chi connectivity index (χ2v) is 4.91. The van der Waals surface area contributed by atoms with E-state index in [1.54, 1.807) is 6.92 Å². The van der Waals surface area contributed by atoms with Gasteiger partial charge in [0.25, 0.3) is 0 Å². The number of methoxy groups -OCH3 is 1. The molecule has 1 fully saturated rings. The Hall–Kier alpha value is -1.64. The van der Waals surface area contributed by atoms with Crippen molar-refractivity contribution in [3.63, 3.8) is 0 Å². The molecule has 0 aliphatic heterocycles. The van der Waals surface area contributed by atoms with Crippen molar-refractivity contribution in [1.82, 2.24) is 0 Å². The number of Topliss-reactive ketones (excluding diaryl/α,β-unsaturated/α-hetero) is 1. The second-order valence-electron chi connectivity index (χ2n) is 4.91. The zero-order chi connectivity index (χ0) is 13.2. The van der Waals surface area contributed by atoms with E-state index in [-0.39, 0.29) is 5.78 Å². The van der Waals surface area contributed by atoms with Gasteiger partial charge in [-0.3, -0.25) is 9.59 Å². The number of ketones is 1. The Labute approximate surface area is 107 Å². The Bertz CT molecular complexity index is 446. The van der Waals surface area contributed by atoms with Gasteiger partial charge < -0.3 is 4.74 Å². The third-order valence-electron chi connectivity index (χ3n) is 3.95. The fourth-order valence-electron chi connectivity index (χ4n) is 2.66. The minimum absolute atomic E-state index is 0.00759. The van der Waals surface area contributed by atoms with Crippen molar-refractivity contribution in [1.29, 1.82) is 0 Å². The lowest BCUT2D eigenvalue weighted by Crippen LogP contribution is -2.47. The number of rotatable bonds is 4. The summed E-state index contributed by atoms with van der Waals surface area (Å²) < 4.78 is 4.67. The molecule has 0 N–H and O–H groups in total. The highest BCUT2D eigenvalue weighted by Gasteiger charge is 2.48. The van der Waals surface area contributed by atoms with Crippen molar-refractivity contribution in [3.05, 3.63) is 35.9 Å². The molecule has 1 aromatic rings. The lowest BCUT2D eigenvalue weighted by Gasteiger charge is -2.42. The number of carbonyl (C=O) groups is 2. The number of hydrogen-bond donors (Lipinski definition) is 0. The molecule has 1 saturated carbocycles. The maximum Gasteiger partial charge on any atom is 0.315 e. The lowest BCUT2D eigenvalue weighted by molar-refractivity contribution is -0.151. The molecule has 1 atom stereocenters. The average molecular weight is 246 g/mol. The average Bonchev–Trinajstić information content (AvgIpc) is 2.36. The maximum absolute atomic E-state index is 12.5. The second kappa shape index (κ2) is 4.92. The first-order valence-electron chi connectivity index (χ1n) is 6.29. The lowest BCUT2D eigenvalue weighted by atomic mass is 9.60. The van der Waals surface area contributed by atoms with E-state index < -0.39 is 17.3 Å². The monoisotopic (exact) mass is 246 g/mol. The molecule has 3 heteroatoms. The predicted octanol–water partition coefficient (Wildman–Crippen LogP) is 2.49. The zero-order valence-electron chi connectivity index (χ0n) is 10.8. The molecule has 0 bridgehead atoms. The molecule has 1 aromatic carbocycles. The molecule has 0 amide bonds. The highest BCUT2D eigenvalue weighted by molar-refractivity contribution is 6.04. The van der Waals surface area contributed by atoms with Crippen molar-refractivity contribution in [3.8, 4) is 0 Å². The quantitative estimate of drug-likeness (QED) is 0.605. The summed E-state index contributed by atoms with van der Waals surface area (Å²) >= 11 is 0. The molecule has 0 radical (unpaired) electrons. The van der Waals surface area contributed by atoms with Crippen LogP contribution in [-0.2, 0) is 19.7 Å². The molecule has 96 valence electrons. The van der Waals surface area contributed by atoms with Crippen molar-refractivity contribution in [2.24, 2.45) is 5.92 Å². The van der Waals surface area contributed by atoms with Crippen LogP contribution in [-0.4, -0.2) is 18.9 Å². The van der Waals surface area contributed by atoms with Crippen LogP contribution in [0.2, 0.25) is 0 Å². The summed E-state index contributed by atoms with van der Waals surface area (Å²) in [6.07, 6.45) is 2.70. The van der Waals surface area contributed by atoms with Gasteiger partial charge in [-0.1, -0.05) is 36.8 Å². The van der Waals surface area contributed by atoms with Gasteiger partial charge in [-0.25, -0.2) is 0 Å². The summed E-state index contributed by atoms with van der Waals surface area (Å²) in [7, 11) is 1.32. The molecule has 0 heterocycles. The normalized spacial score (nSPS) is 18.6. The molecular formula is C15H18O3. The Morgan fingerprint density at radius 1 is 1.22 bits per heavy atom. The van der Waals surface area contributed by atoms with Crippen LogP contribution in [0.5, 0.6) is 0 Å². The topological polar surface area (TPSA) is 43.4 Å². The van der Waals surface area contributed by atoms with Gasteiger partial charge in [0.1, 0.15) is 5.92 Å². The van der Waals surface area contributed by atoms with E-state index >= 15 is 0 Å². The Balaban J connectivity index is 2.29. The Morgan fingerprint density at radius 3 is 2.28 bits per heavy atom. The van der Waals surface area contributed by atoms with Crippen LogP contribution in [0, 0.1) is 5.92 Å². The van der Waals surface area contributed by atoms with Crippen LogP contribution in [0.15, 0.2) is 30.3 Å². The summed E-state index contributed by atoms with van der Waals surface area (Å²) in [6, 6.07) is 9.75. The van der Waals surface area contributed by atoms with Gasteiger partial charge in [-0.05, 0) is 25.3 Å². The minimum Gasteiger partial charge on any atom is -0.468 e. The van der Waals surface area contributed by atoms with E-state index in [0.717, 1.165) is 24.8 Å². The molecule has 3 nitrogen and oxygen atoms in total. The first kappa shape index (κ1) is 12.8. The summed E-state index contributed by atoms with van der Waals surface area (Å²) in [5.74, 6) is -1.13. The molecule has 2 rings (SSSR count). The van der Waals surface area contributed by atoms with E-state index in [4.69, 9.17) is 0 Å². The highest BCUT2D eigenvalue weighted by Crippen LogP contribution is 2.46. The number of carbonyl (C=O) groups excluding carboxylic acids is 2. The van der Waals surface area contributed by atoms with Crippen LogP contribution in [0.4, 0.5) is 0 Å². The molecule has 1 unspecified atom stereocenters. The van der Waals surface area contributed by atoms with E-state index in [9.17, 15) is 9.59 Å². The van der Waals surface area contributed by atoms with Gasteiger partial charge in [0.2, 0.25) is 0 Å². The number of esters is 1. The molecule has 1 aliphatic rings. The fraction of sp³-hybridized carbons (Fsp3) is 0.467. The number of benzene rings is 1. The maximum atomic E-state index is 12.5. The van der Waals surface area contributed by atoms with E-state index in [1.165, 1.54) is 7.11 Å². The number of ether oxygens (including phenoxy) is 1. The van der Waals surface area contributed by atoms with Crippen molar-refractivity contribution in [2.45, 2.75) is 31.6 Å². The third kappa shape index (κ3) is 1.94. The van der Waals surface area contributed by atoms with Gasteiger partial charge in [0.15, 0.2) is 5.78 Å². The van der Waals surface area contributed by atoms with Crippen LogP contribution < -0.4 is 0 Å². The van der Waals surface area contributed by atoms with Crippen LogP contribution in [0.3, 0.4) is 0 Å². The molecule has 0 saturated heterocycles. The summed E-state index contributed by atoms with van der Waals surface area (Å²) in [6.45, 7) is 1.64. The van der Waals surface area contributed by atoms with Crippen molar-refractivity contribution < 1.29 is 14.3 Å². The minimum atomic E-state index is -0.685. The Morgan fingerprint density at radius 2 is 1.83 bits per heavy atom. The van der Waals surface area contributed by atoms with E-state index in [1.807, 2.05) is 30.3 Å². The van der Waals surface area contributed by atoms with Gasteiger partial charge >= 0.3 is 5.97 Å². The van der Waals surface area contributed by atoms with Crippen LogP contribution >= 0.6 is 0 Å².